The van der Waals surface area contributed by atoms with Gasteiger partial charge in [-0.1, -0.05) is 23.2 Å². The highest BCUT2D eigenvalue weighted by Gasteiger charge is 2.20. The normalized spacial score (nSPS) is 20.0. The number of carbonyl (C=O) groups is 1. The summed E-state index contributed by atoms with van der Waals surface area (Å²) >= 11 is 11.7. The van der Waals surface area contributed by atoms with E-state index in [1.165, 1.54) is 0 Å². The van der Waals surface area contributed by atoms with E-state index in [1.807, 2.05) is 0 Å². The van der Waals surface area contributed by atoms with Crippen LogP contribution in [0.25, 0.3) is 0 Å². The molecule has 1 atom stereocenters. The van der Waals surface area contributed by atoms with Crippen LogP contribution in [0, 0.1) is 5.92 Å². The van der Waals surface area contributed by atoms with Crippen molar-refractivity contribution in [1.82, 2.24) is 5.32 Å². The molecule has 1 aromatic rings. The molecule has 0 spiro atoms. The largest absolute Gasteiger partial charge is 0.326 e. The van der Waals surface area contributed by atoms with Gasteiger partial charge in [0, 0.05) is 22.3 Å². The van der Waals surface area contributed by atoms with E-state index in [0.717, 1.165) is 25.9 Å². The highest BCUT2D eigenvalue weighted by atomic mass is 35.5. The average Bonchev–Trinajstić information content (AvgIpc) is 2.28. The maximum Gasteiger partial charge on any atom is 0.228 e. The Kier molecular flexibility index (Phi) is 4.26. The zero-order valence-corrected chi connectivity index (χ0v) is 10.8. The molecule has 92 valence electrons. The van der Waals surface area contributed by atoms with Crippen molar-refractivity contribution in [2.45, 2.75) is 12.8 Å². The van der Waals surface area contributed by atoms with Gasteiger partial charge in [-0.25, -0.2) is 0 Å². The first kappa shape index (κ1) is 12.7. The first-order chi connectivity index (χ1) is 8.15. The summed E-state index contributed by atoms with van der Waals surface area (Å²) in [5.41, 5.74) is 0.651. The topological polar surface area (TPSA) is 41.1 Å². The zero-order valence-electron chi connectivity index (χ0n) is 9.30. The molecule has 2 N–H and O–H groups in total. The predicted molar refractivity (Wildman–Crippen MR) is 70.7 cm³/mol. The van der Waals surface area contributed by atoms with Crippen molar-refractivity contribution < 1.29 is 4.79 Å². The van der Waals surface area contributed by atoms with E-state index in [1.54, 1.807) is 18.2 Å². The molecule has 1 aliphatic heterocycles. The van der Waals surface area contributed by atoms with Crippen LogP contribution in [0.4, 0.5) is 5.69 Å². The Labute approximate surface area is 110 Å². The molecule has 1 saturated heterocycles. The van der Waals surface area contributed by atoms with Gasteiger partial charge in [0.25, 0.3) is 0 Å². The van der Waals surface area contributed by atoms with Crippen LogP contribution in [0.1, 0.15) is 12.8 Å². The van der Waals surface area contributed by atoms with E-state index in [-0.39, 0.29) is 11.8 Å². The minimum Gasteiger partial charge on any atom is -0.326 e. The third kappa shape index (κ3) is 3.60. The number of nitrogens with one attached hydrogen (secondary N) is 2. The zero-order chi connectivity index (χ0) is 12.3. The highest BCUT2D eigenvalue weighted by Crippen LogP contribution is 2.23. The molecule has 2 rings (SSSR count). The quantitative estimate of drug-likeness (QED) is 0.869. The van der Waals surface area contributed by atoms with Crippen LogP contribution in [0.5, 0.6) is 0 Å². The molecule has 1 amide bonds. The van der Waals surface area contributed by atoms with Gasteiger partial charge in [-0.2, -0.15) is 0 Å². The van der Waals surface area contributed by atoms with Gasteiger partial charge < -0.3 is 10.6 Å². The summed E-state index contributed by atoms with van der Waals surface area (Å²) in [5, 5.41) is 7.10. The molecule has 0 unspecified atom stereocenters. The van der Waals surface area contributed by atoms with Gasteiger partial charge in [0.2, 0.25) is 5.91 Å². The summed E-state index contributed by atoms with van der Waals surface area (Å²) in [6, 6.07) is 5.03. The standard InChI is InChI=1S/C12H14Cl2N2O/c13-9-4-10(14)6-11(5-9)16-12(17)8-2-1-3-15-7-8/h4-6,8,15H,1-3,7H2,(H,16,17)/t8-/m0/s1. The second-order valence-electron chi connectivity index (χ2n) is 4.19. The van der Waals surface area contributed by atoms with Crippen molar-refractivity contribution in [1.29, 1.82) is 0 Å². The maximum absolute atomic E-state index is 12.0. The highest BCUT2D eigenvalue weighted by molar-refractivity contribution is 6.35. The third-order valence-electron chi connectivity index (χ3n) is 2.80. The fraction of sp³-hybridized carbons (Fsp3) is 0.417. The SMILES string of the molecule is O=C(Nc1cc(Cl)cc(Cl)c1)[C@H]1CCCNC1. The predicted octanol–water partition coefficient (Wildman–Crippen LogP) is 2.93. The van der Waals surface area contributed by atoms with Gasteiger partial charge in [-0.3, -0.25) is 4.79 Å². The first-order valence-corrected chi connectivity index (χ1v) is 6.38. The van der Waals surface area contributed by atoms with Crippen LogP contribution in [-0.4, -0.2) is 19.0 Å². The molecule has 17 heavy (non-hydrogen) atoms. The maximum atomic E-state index is 12.0. The summed E-state index contributed by atoms with van der Waals surface area (Å²) in [6.45, 7) is 1.73. The molecule has 0 saturated carbocycles. The number of hydrogen-bond donors (Lipinski definition) is 2. The van der Waals surface area contributed by atoms with E-state index in [2.05, 4.69) is 10.6 Å². The Morgan fingerprint density at radius 1 is 1.29 bits per heavy atom. The monoisotopic (exact) mass is 272 g/mol. The van der Waals surface area contributed by atoms with E-state index in [4.69, 9.17) is 23.2 Å². The fourth-order valence-electron chi connectivity index (χ4n) is 1.95. The minimum absolute atomic E-state index is 0.0236. The lowest BCUT2D eigenvalue weighted by molar-refractivity contribution is -0.120. The van der Waals surface area contributed by atoms with Crippen molar-refractivity contribution in [3.63, 3.8) is 0 Å². The molecule has 0 aromatic heterocycles. The van der Waals surface area contributed by atoms with Gasteiger partial charge in [0.15, 0.2) is 0 Å². The number of anilines is 1. The fourth-order valence-corrected chi connectivity index (χ4v) is 2.47. The van der Waals surface area contributed by atoms with Crippen LogP contribution >= 0.6 is 23.2 Å². The summed E-state index contributed by atoms with van der Waals surface area (Å²) in [5.74, 6) is 0.0528. The summed E-state index contributed by atoms with van der Waals surface area (Å²) in [6.07, 6.45) is 1.96. The van der Waals surface area contributed by atoms with E-state index >= 15 is 0 Å². The Bertz CT molecular complexity index is 397. The third-order valence-corrected chi connectivity index (χ3v) is 3.23. The molecule has 0 bridgehead atoms. The Balaban J connectivity index is 2.01. The smallest absolute Gasteiger partial charge is 0.228 e. The Morgan fingerprint density at radius 3 is 2.59 bits per heavy atom. The van der Waals surface area contributed by atoms with Crippen molar-refractivity contribution in [2.24, 2.45) is 5.92 Å². The van der Waals surface area contributed by atoms with E-state index in [9.17, 15) is 4.79 Å². The molecule has 3 nitrogen and oxygen atoms in total. The number of halogens is 2. The van der Waals surface area contributed by atoms with Crippen molar-refractivity contribution >= 4 is 34.8 Å². The van der Waals surface area contributed by atoms with Crippen molar-refractivity contribution in [3.8, 4) is 0 Å². The van der Waals surface area contributed by atoms with Crippen LogP contribution < -0.4 is 10.6 Å². The van der Waals surface area contributed by atoms with Gasteiger partial charge in [-0.05, 0) is 37.6 Å². The van der Waals surface area contributed by atoms with Crippen LogP contribution in [0.15, 0.2) is 18.2 Å². The molecule has 0 aliphatic carbocycles. The molecule has 1 heterocycles. The van der Waals surface area contributed by atoms with Gasteiger partial charge >= 0.3 is 0 Å². The Morgan fingerprint density at radius 2 is 2.00 bits per heavy atom. The lowest BCUT2D eigenvalue weighted by Gasteiger charge is -2.21. The number of rotatable bonds is 2. The lowest BCUT2D eigenvalue weighted by atomic mass is 9.99. The summed E-state index contributed by atoms with van der Waals surface area (Å²) < 4.78 is 0. The number of benzene rings is 1. The number of carbonyl (C=O) groups excluding carboxylic acids is 1. The number of amides is 1. The van der Waals surface area contributed by atoms with Gasteiger partial charge in [-0.15, -0.1) is 0 Å². The van der Waals surface area contributed by atoms with Crippen LogP contribution in [0.3, 0.4) is 0 Å². The molecule has 1 aromatic carbocycles. The molecular formula is C12H14Cl2N2O. The van der Waals surface area contributed by atoms with Crippen LogP contribution in [-0.2, 0) is 4.79 Å². The average molecular weight is 273 g/mol. The number of piperidine rings is 1. The molecule has 1 aliphatic rings. The van der Waals surface area contributed by atoms with Gasteiger partial charge in [0.05, 0.1) is 5.92 Å². The summed E-state index contributed by atoms with van der Waals surface area (Å²) in [7, 11) is 0. The van der Waals surface area contributed by atoms with Gasteiger partial charge in [0.1, 0.15) is 0 Å². The van der Waals surface area contributed by atoms with E-state index < -0.39 is 0 Å². The molecule has 5 heteroatoms. The second-order valence-corrected chi connectivity index (χ2v) is 5.06. The molecule has 0 radical (unpaired) electrons. The van der Waals surface area contributed by atoms with Crippen LogP contribution in [0.2, 0.25) is 10.0 Å². The first-order valence-electron chi connectivity index (χ1n) is 5.63. The molecule has 1 fully saturated rings. The second kappa shape index (κ2) is 5.71. The number of hydrogen-bond acceptors (Lipinski definition) is 2. The lowest BCUT2D eigenvalue weighted by Crippen LogP contribution is -2.37. The summed E-state index contributed by atoms with van der Waals surface area (Å²) in [4.78, 5) is 12.0. The van der Waals surface area contributed by atoms with E-state index in [0.29, 0.717) is 15.7 Å². The van der Waals surface area contributed by atoms with Crippen molar-refractivity contribution in [3.05, 3.63) is 28.2 Å². The minimum atomic E-state index is 0.0236. The van der Waals surface area contributed by atoms with Crippen molar-refractivity contribution in [2.75, 3.05) is 18.4 Å². The molecular weight excluding hydrogens is 259 g/mol. The Hall–Kier alpha value is -0.770.